The van der Waals surface area contributed by atoms with Gasteiger partial charge in [-0.15, -0.1) is 0 Å². The first kappa shape index (κ1) is 12.4. The number of carbonyl (C=O) groups excluding carboxylic acids is 1. The van der Waals surface area contributed by atoms with Crippen LogP contribution < -0.4 is 0 Å². The molecule has 0 heterocycles. The van der Waals surface area contributed by atoms with E-state index in [0.717, 1.165) is 23.1 Å². The molecule has 0 aliphatic rings. The molecule has 0 bridgehead atoms. The Labute approximate surface area is 98.4 Å². The van der Waals surface area contributed by atoms with Crippen LogP contribution in [0.25, 0.3) is 0 Å². The lowest BCUT2D eigenvalue weighted by Gasteiger charge is -2.10. The number of aliphatic hydroxyl groups excluding tert-OH is 1. The number of ketones is 1. The molecule has 0 saturated heterocycles. The molecule has 1 N–H and O–H groups in total. The van der Waals surface area contributed by atoms with Gasteiger partial charge >= 0.3 is 0 Å². The van der Waals surface area contributed by atoms with Gasteiger partial charge in [-0.2, -0.15) is 0 Å². The van der Waals surface area contributed by atoms with Gasteiger partial charge in [-0.3, -0.25) is 4.79 Å². The average molecular weight is 271 g/mol. The summed E-state index contributed by atoms with van der Waals surface area (Å²) in [5.41, 5.74) is 3.07. The minimum absolute atomic E-state index is 0.0412. The Hall–Kier alpha value is -0.670. The number of hydrogen-bond acceptors (Lipinski definition) is 2. The van der Waals surface area contributed by atoms with Gasteiger partial charge in [0.25, 0.3) is 0 Å². The van der Waals surface area contributed by atoms with Crippen LogP contribution in [0.5, 0.6) is 0 Å². The normalized spacial score (nSPS) is 10.3. The van der Waals surface area contributed by atoms with Crippen molar-refractivity contribution in [3.63, 3.8) is 0 Å². The van der Waals surface area contributed by atoms with Gasteiger partial charge in [0.1, 0.15) is 5.78 Å². The van der Waals surface area contributed by atoms with Crippen molar-refractivity contribution in [2.75, 3.05) is 5.33 Å². The Balaban J connectivity index is 3.00. The van der Waals surface area contributed by atoms with Crippen molar-refractivity contribution in [1.29, 1.82) is 0 Å². The number of hydrogen-bond donors (Lipinski definition) is 1. The first-order valence-electron chi connectivity index (χ1n) is 5.01. The van der Waals surface area contributed by atoms with E-state index in [9.17, 15) is 9.90 Å². The minimum Gasteiger partial charge on any atom is -0.392 e. The second-order valence-electron chi connectivity index (χ2n) is 3.42. The molecule has 0 atom stereocenters. The van der Waals surface area contributed by atoms with Crippen molar-refractivity contribution in [1.82, 2.24) is 0 Å². The highest BCUT2D eigenvalue weighted by Gasteiger charge is 2.09. The Bertz CT molecular complexity index is 347. The summed E-state index contributed by atoms with van der Waals surface area (Å²) in [5, 5.41) is 9.56. The third kappa shape index (κ3) is 3.14. The van der Waals surface area contributed by atoms with Crippen LogP contribution in [-0.4, -0.2) is 16.2 Å². The van der Waals surface area contributed by atoms with Crippen molar-refractivity contribution in [2.24, 2.45) is 0 Å². The molecular formula is C12H15BrO2. The summed E-state index contributed by atoms with van der Waals surface area (Å²) in [6, 6.07) is 5.75. The zero-order valence-corrected chi connectivity index (χ0v) is 10.4. The molecule has 0 aliphatic heterocycles. The van der Waals surface area contributed by atoms with E-state index in [1.807, 2.05) is 25.1 Å². The quantitative estimate of drug-likeness (QED) is 0.834. The number of aliphatic hydroxyl groups is 1. The van der Waals surface area contributed by atoms with Crippen LogP contribution in [-0.2, 0) is 24.2 Å². The lowest BCUT2D eigenvalue weighted by Crippen LogP contribution is -2.07. The van der Waals surface area contributed by atoms with Gasteiger partial charge in [-0.25, -0.2) is 0 Å². The number of Topliss-reactive ketones (excluding diaryl/α,β-unsaturated/α-hetero) is 1. The number of rotatable bonds is 5. The van der Waals surface area contributed by atoms with E-state index < -0.39 is 0 Å². The fourth-order valence-corrected chi connectivity index (χ4v) is 1.91. The summed E-state index contributed by atoms with van der Waals surface area (Å²) in [6.45, 7) is 2.08. The standard InChI is InChI=1S/C12H15BrO2/c1-2-12-9(6-11(15)7-13)4-3-5-10(12)8-14/h3-5,14H,2,6-8H2,1H3. The second kappa shape index (κ2) is 6.03. The molecular weight excluding hydrogens is 256 g/mol. The van der Waals surface area contributed by atoms with E-state index in [1.165, 1.54) is 0 Å². The lowest BCUT2D eigenvalue weighted by molar-refractivity contribution is -0.115. The zero-order chi connectivity index (χ0) is 11.3. The van der Waals surface area contributed by atoms with Crippen LogP contribution in [0, 0.1) is 0 Å². The molecule has 1 rings (SSSR count). The minimum atomic E-state index is 0.0412. The van der Waals surface area contributed by atoms with E-state index in [1.54, 1.807) is 0 Å². The lowest BCUT2D eigenvalue weighted by atomic mass is 9.96. The van der Waals surface area contributed by atoms with E-state index in [4.69, 9.17) is 0 Å². The molecule has 0 aliphatic carbocycles. The molecule has 0 fully saturated rings. The monoisotopic (exact) mass is 270 g/mol. The highest BCUT2D eigenvalue weighted by molar-refractivity contribution is 9.09. The number of alkyl halides is 1. The summed E-state index contributed by atoms with van der Waals surface area (Å²) >= 11 is 3.16. The Morgan fingerprint density at radius 2 is 2.07 bits per heavy atom. The molecule has 3 heteroatoms. The molecule has 1 aromatic carbocycles. The number of benzene rings is 1. The zero-order valence-electron chi connectivity index (χ0n) is 8.79. The van der Waals surface area contributed by atoms with Crippen molar-refractivity contribution in [2.45, 2.75) is 26.4 Å². The van der Waals surface area contributed by atoms with Crippen LogP contribution in [0.4, 0.5) is 0 Å². The predicted octanol–water partition coefficient (Wildman–Crippen LogP) is 2.25. The third-order valence-corrected chi connectivity index (χ3v) is 3.06. The average Bonchev–Trinajstić information content (AvgIpc) is 2.28. The van der Waals surface area contributed by atoms with Crippen molar-refractivity contribution >= 4 is 21.7 Å². The molecule has 0 amide bonds. The van der Waals surface area contributed by atoms with Crippen molar-refractivity contribution in [3.8, 4) is 0 Å². The molecule has 15 heavy (non-hydrogen) atoms. The summed E-state index contributed by atoms with van der Waals surface area (Å²) in [4.78, 5) is 11.3. The smallest absolute Gasteiger partial charge is 0.147 e. The maximum atomic E-state index is 11.3. The van der Waals surface area contributed by atoms with Crippen LogP contribution in [0.3, 0.4) is 0 Å². The maximum absolute atomic E-state index is 11.3. The van der Waals surface area contributed by atoms with Gasteiger partial charge in [-0.1, -0.05) is 41.1 Å². The Morgan fingerprint density at radius 3 is 2.60 bits per heavy atom. The molecule has 1 aromatic rings. The van der Waals surface area contributed by atoms with Crippen molar-refractivity contribution < 1.29 is 9.90 Å². The van der Waals surface area contributed by atoms with Gasteiger partial charge in [0, 0.05) is 6.42 Å². The van der Waals surface area contributed by atoms with Crippen LogP contribution in [0.2, 0.25) is 0 Å². The summed E-state index contributed by atoms with van der Waals surface area (Å²) in [6.07, 6.45) is 1.30. The third-order valence-electron chi connectivity index (χ3n) is 2.43. The van der Waals surface area contributed by atoms with Crippen LogP contribution in [0.1, 0.15) is 23.6 Å². The topological polar surface area (TPSA) is 37.3 Å². The molecule has 0 aromatic heterocycles. The van der Waals surface area contributed by atoms with Gasteiger partial charge in [0.2, 0.25) is 0 Å². The number of halogens is 1. The van der Waals surface area contributed by atoms with Gasteiger partial charge in [0.15, 0.2) is 0 Å². The van der Waals surface area contributed by atoms with E-state index >= 15 is 0 Å². The molecule has 0 saturated carbocycles. The highest BCUT2D eigenvalue weighted by Crippen LogP contribution is 2.17. The summed E-state index contributed by atoms with van der Waals surface area (Å²) < 4.78 is 0. The molecule has 0 unspecified atom stereocenters. The van der Waals surface area contributed by atoms with E-state index in [0.29, 0.717) is 11.8 Å². The predicted molar refractivity (Wildman–Crippen MR) is 64.2 cm³/mol. The second-order valence-corrected chi connectivity index (χ2v) is 3.98. The van der Waals surface area contributed by atoms with Crippen molar-refractivity contribution in [3.05, 3.63) is 34.9 Å². The SMILES string of the molecule is CCc1c(CO)cccc1CC(=O)CBr. The first-order valence-corrected chi connectivity index (χ1v) is 6.13. The fourth-order valence-electron chi connectivity index (χ4n) is 1.72. The number of carbonyl (C=O) groups is 1. The van der Waals surface area contributed by atoms with E-state index in [2.05, 4.69) is 15.9 Å². The van der Waals surface area contributed by atoms with Gasteiger partial charge in [0.05, 0.1) is 11.9 Å². The van der Waals surface area contributed by atoms with Crippen LogP contribution >= 0.6 is 15.9 Å². The first-order chi connectivity index (χ1) is 7.22. The van der Waals surface area contributed by atoms with Gasteiger partial charge < -0.3 is 5.11 Å². The Morgan fingerprint density at radius 1 is 1.40 bits per heavy atom. The van der Waals surface area contributed by atoms with E-state index in [-0.39, 0.29) is 12.4 Å². The summed E-state index contributed by atoms with van der Waals surface area (Å²) in [5.74, 6) is 0.166. The van der Waals surface area contributed by atoms with Crippen LogP contribution in [0.15, 0.2) is 18.2 Å². The highest BCUT2D eigenvalue weighted by atomic mass is 79.9. The molecule has 2 nitrogen and oxygen atoms in total. The molecule has 0 spiro atoms. The van der Waals surface area contributed by atoms with Gasteiger partial charge in [-0.05, 0) is 23.1 Å². The largest absolute Gasteiger partial charge is 0.392 e. The maximum Gasteiger partial charge on any atom is 0.147 e. The summed E-state index contributed by atoms with van der Waals surface area (Å²) in [7, 11) is 0. The molecule has 0 radical (unpaired) electrons. The Kier molecular flexibility index (Phi) is 4.99. The fraction of sp³-hybridized carbons (Fsp3) is 0.417. The molecule has 82 valence electrons.